The number of thioether (sulfide) groups is 1. The van der Waals surface area contributed by atoms with Crippen LogP contribution in [0.15, 0.2) is 41.9 Å². The summed E-state index contributed by atoms with van der Waals surface area (Å²) >= 11 is 1.40. The summed E-state index contributed by atoms with van der Waals surface area (Å²) in [4.78, 5) is 49.2. The van der Waals surface area contributed by atoms with Crippen LogP contribution < -0.4 is 5.32 Å². The van der Waals surface area contributed by atoms with E-state index in [2.05, 4.69) is 5.32 Å². The van der Waals surface area contributed by atoms with Crippen LogP contribution in [0.1, 0.15) is 19.4 Å². The highest BCUT2D eigenvalue weighted by Crippen LogP contribution is 2.26. The van der Waals surface area contributed by atoms with E-state index in [1.165, 1.54) is 22.9 Å². The molecule has 0 fully saturated rings. The Morgan fingerprint density at radius 3 is 2.48 bits per heavy atom. The molecule has 2 rings (SSSR count). The molecular weight excluding hydrogens is 368 g/mol. The third kappa shape index (κ3) is 5.68. The molecule has 2 N–H and O–H groups in total. The molecular formula is C19H22N2O5S. The van der Waals surface area contributed by atoms with Crippen molar-refractivity contribution in [2.24, 2.45) is 5.92 Å². The maximum absolute atomic E-state index is 12.4. The van der Waals surface area contributed by atoms with E-state index in [4.69, 9.17) is 5.11 Å². The summed E-state index contributed by atoms with van der Waals surface area (Å²) in [5.41, 5.74) is 0.725. The number of hydrogen-bond acceptors (Lipinski definition) is 5. The number of hydrogen-bond donors (Lipinski definition) is 2. The lowest BCUT2D eigenvalue weighted by molar-refractivity contribution is -0.150. The van der Waals surface area contributed by atoms with E-state index in [1.807, 2.05) is 13.8 Å². The van der Waals surface area contributed by atoms with Crippen molar-refractivity contribution in [3.63, 3.8) is 0 Å². The van der Waals surface area contributed by atoms with Crippen molar-refractivity contribution >= 4 is 35.3 Å². The Kier molecular flexibility index (Phi) is 7.18. The molecule has 2 amide bonds. The molecule has 0 spiro atoms. The average Bonchev–Trinajstić information content (AvgIpc) is 2.62. The largest absolute Gasteiger partial charge is 0.475 e. The third-order valence-electron chi connectivity index (χ3n) is 4.06. The SMILES string of the molecule is CC(C)C1SC=CN(CC(=O)N[C@@H](Cc2ccccc2)C(=O)C(=O)O)C1=O. The van der Waals surface area contributed by atoms with Crippen molar-refractivity contribution in [1.29, 1.82) is 0 Å². The summed E-state index contributed by atoms with van der Waals surface area (Å²) in [5, 5.41) is 13.0. The lowest BCUT2D eigenvalue weighted by Gasteiger charge is -2.29. The minimum absolute atomic E-state index is 0.0615. The molecule has 8 heteroatoms. The second-order valence-electron chi connectivity index (χ2n) is 6.53. The Morgan fingerprint density at radius 1 is 1.22 bits per heavy atom. The summed E-state index contributed by atoms with van der Waals surface area (Å²) in [6, 6.07) is 7.62. The molecule has 0 saturated heterocycles. The van der Waals surface area contributed by atoms with Gasteiger partial charge in [-0.05, 0) is 16.9 Å². The maximum atomic E-state index is 12.4. The first-order valence-corrected chi connectivity index (χ1v) is 9.47. The summed E-state index contributed by atoms with van der Waals surface area (Å²) in [7, 11) is 0. The van der Waals surface area contributed by atoms with Gasteiger partial charge in [-0.25, -0.2) is 4.79 Å². The molecule has 0 aliphatic carbocycles. The minimum atomic E-state index is -1.61. The fraction of sp³-hybridized carbons (Fsp3) is 0.368. The van der Waals surface area contributed by atoms with Crippen LogP contribution in [0.2, 0.25) is 0 Å². The van der Waals surface area contributed by atoms with Crippen molar-refractivity contribution in [3.8, 4) is 0 Å². The van der Waals surface area contributed by atoms with Crippen LogP contribution in [-0.4, -0.2) is 51.4 Å². The number of amides is 2. The fourth-order valence-corrected chi connectivity index (χ4v) is 3.62. The number of Topliss-reactive ketones (excluding diaryl/α,β-unsaturated/α-hetero) is 1. The summed E-state index contributed by atoms with van der Waals surface area (Å²) in [5.74, 6) is -3.36. The van der Waals surface area contributed by atoms with Crippen LogP contribution >= 0.6 is 11.8 Å². The van der Waals surface area contributed by atoms with Gasteiger partial charge < -0.3 is 15.3 Å². The second kappa shape index (κ2) is 9.36. The predicted octanol–water partition coefficient (Wildman–Crippen LogP) is 1.44. The van der Waals surface area contributed by atoms with Gasteiger partial charge in [0.1, 0.15) is 12.6 Å². The van der Waals surface area contributed by atoms with Gasteiger partial charge in [0, 0.05) is 12.6 Å². The van der Waals surface area contributed by atoms with Crippen molar-refractivity contribution in [2.75, 3.05) is 6.54 Å². The number of carboxylic acid groups (broad SMARTS) is 1. The van der Waals surface area contributed by atoms with Crippen LogP contribution in [-0.2, 0) is 25.6 Å². The molecule has 1 aliphatic rings. The van der Waals surface area contributed by atoms with Gasteiger partial charge in [0.2, 0.25) is 11.8 Å². The Labute approximate surface area is 161 Å². The topological polar surface area (TPSA) is 104 Å². The van der Waals surface area contributed by atoms with Gasteiger partial charge in [-0.3, -0.25) is 14.4 Å². The lowest BCUT2D eigenvalue weighted by Crippen LogP contribution is -2.50. The number of carboxylic acids is 1. The first-order chi connectivity index (χ1) is 12.8. The normalized spacial score (nSPS) is 17.7. The van der Waals surface area contributed by atoms with Gasteiger partial charge in [0.25, 0.3) is 5.78 Å². The number of ketones is 1. The first kappa shape index (κ1) is 20.7. The van der Waals surface area contributed by atoms with Crippen LogP contribution in [0.25, 0.3) is 0 Å². The molecule has 1 aromatic rings. The monoisotopic (exact) mass is 390 g/mol. The van der Waals surface area contributed by atoms with E-state index < -0.39 is 23.7 Å². The van der Waals surface area contributed by atoms with E-state index in [0.717, 1.165) is 5.56 Å². The summed E-state index contributed by atoms with van der Waals surface area (Å²) in [6.07, 6.45) is 1.59. The molecule has 1 aliphatic heterocycles. The first-order valence-electron chi connectivity index (χ1n) is 8.52. The zero-order valence-corrected chi connectivity index (χ0v) is 15.9. The molecule has 0 saturated carbocycles. The van der Waals surface area contributed by atoms with Gasteiger partial charge in [-0.1, -0.05) is 44.2 Å². The highest BCUT2D eigenvalue weighted by molar-refractivity contribution is 8.03. The molecule has 2 atom stereocenters. The number of nitrogens with one attached hydrogen (secondary N) is 1. The smallest absolute Gasteiger partial charge is 0.374 e. The maximum Gasteiger partial charge on any atom is 0.374 e. The van der Waals surface area contributed by atoms with Gasteiger partial charge in [0.05, 0.1) is 5.25 Å². The van der Waals surface area contributed by atoms with Crippen molar-refractivity contribution in [2.45, 2.75) is 31.6 Å². The van der Waals surface area contributed by atoms with E-state index in [1.54, 1.807) is 35.7 Å². The molecule has 0 radical (unpaired) electrons. The summed E-state index contributed by atoms with van der Waals surface area (Å²) < 4.78 is 0. The Balaban J connectivity index is 2.06. The fourth-order valence-electron chi connectivity index (χ4n) is 2.66. The molecule has 1 heterocycles. The summed E-state index contributed by atoms with van der Waals surface area (Å²) in [6.45, 7) is 3.58. The standard InChI is InChI=1S/C19H22N2O5S/c1-12(2)17-18(24)21(8-9-27-17)11-15(22)20-14(16(23)19(25)26)10-13-6-4-3-5-7-13/h3-9,12,14,17H,10-11H2,1-2H3,(H,20,22)(H,25,26)/t14-,17?/m0/s1. The molecule has 27 heavy (non-hydrogen) atoms. The zero-order valence-electron chi connectivity index (χ0n) is 15.1. The molecule has 1 unspecified atom stereocenters. The van der Waals surface area contributed by atoms with E-state index >= 15 is 0 Å². The highest BCUT2D eigenvalue weighted by atomic mass is 32.2. The molecule has 1 aromatic carbocycles. The zero-order chi connectivity index (χ0) is 20.0. The number of aliphatic carboxylic acids is 1. The minimum Gasteiger partial charge on any atom is -0.475 e. The van der Waals surface area contributed by atoms with E-state index in [9.17, 15) is 19.2 Å². The average molecular weight is 390 g/mol. The van der Waals surface area contributed by atoms with Crippen molar-refractivity contribution in [3.05, 3.63) is 47.5 Å². The van der Waals surface area contributed by atoms with Crippen LogP contribution in [0, 0.1) is 5.92 Å². The Morgan fingerprint density at radius 2 is 1.89 bits per heavy atom. The van der Waals surface area contributed by atoms with Gasteiger partial charge in [0.15, 0.2) is 0 Å². The molecule has 7 nitrogen and oxygen atoms in total. The molecule has 0 bridgehead atoms. The number of benzene rings is 1. The highest BCUT2D eigenvalue weighted by Gasteiger charge is 2.32. The Hall–Kier alpha value is -2.61. The van der Waals surface area contributed by atoms with Crippen molar-refractivity contribution in [1.82, 2.24) is 10.2 Å². The van der Waals surface area contributed by atoms with Crippen molar-refractivity contribution < 1.29 is 24.3 Å². The third-order valence-corrected chi connectivity index (χ3v) is 5.38. The number of nitrogens with zero attached hydrogens (tertiary/aromatic N) is 1. The Bertz CT molecular complexity index is 748. The molecule has 144 valence electrons. The quantitative estimate of drug-likeness (QED) is 0.651. The lowest BCUT2D eigenvalue weighted by atomic mass is 10.0. The van der Waals surface area contributed by atoms with Gasteiger partial charge >= 0.3 is 5.97 Å². The second-order valence-corrected chi connectivity index (χ2v) is 7.58. The van der Waals surface area contributed by atoms with Gasteiger partial charge in [-0.15, -0.1) is 11.8 Å². The number of carbonyl (C=O) groups is 4. The van der Waals surface area contributed by atoms with Crippen LogP contribution in [0.5, 0.6) is 0 Å². The number of rotatable bonds is 8. The van der Waals surface area contributed by atoms with E-state index in [-0.39, 0.29) is 30.0 Å². The molecule has 0 aromatic heterocycles. The number of carbonyl (C=O) groups excluding carboxylic acids is 3. The van der Waals surface area contributed by atoms with E-state index in [0.29, 0.717) is 0 Å². The predicted molar refractivity (Wildman–Crippen MR) is 102 cm³/mol. The van der Waals surface area contributed by atoms with Crippen LogP contribution in [0.3, 0.4) is 0 Å². The van der Waals surface area contributed by atoms with Crippen LogP contribution in [0.4, 0.5) is 0 Å². The van der Waals surface area contributed by atoms with Gasteiger partial charge in [-0.2, -0.15) is 0 Å².